The Labute approximate surface area is 70.1 Å². The topological polar surface area (TPSA) is 48.1 Å². The van der Waals surface area contributed by atoms with Crippen LogP contribution in [0.5, 0.6) is 5.88 Å². The van der Waals surface area contributed by atoms with Crippen molar-refractivity contribution in [2.45, 2.75) is 6.92 Å². The van der Waals surface area contributed by atoms with Gasteiger partial charge in [-0.25, -0.2) is 4.98 Å². The first kappa shape index (κ1) is 8.14. The van der Waals surface area contributed by atoms with Gasteiger partial charge in [0.2, 0.25) is 5.88 Å². The molecule has 1 aromatic heterocycles. The van der Waals surface area contributed by atoms with Crippen LogP contribution in [0.4, 0.5) is 5.69 Å². The summed E-state index contributed by atoms with van der Waals surface area (Å²) >= 11 is 5.74. The van der Waals surface area contributed by atoms with Crippen LogP contribution in [0.25, 0.3) is 0 Å². The van der Waals surface area contributed by atoms with Gasteiger partial charge >= 0.3 is 0 Å². The SMILES string of the molecule is CCOc1ncc(N)cc1Cl. The zero-order chi connectivity index (χ0) is 8.27. The normalized spacial score (nSPS) is 9.64. The highest BCUT2D eigenvalue weighted by molar-refractivity contribution is 6.32. The van der Waals surface area contributed by atoms with Crippen molar-refractivity contribution >= 4 is 17.3 Å². The van der Waals surface area contributed by atoms with Gasteiger partial charge in [0, 0.05) is 0 Å². The van der Waals surface area contributed by atoms with E-state index in [0.29, 0.717) is 23.2 Å². The van der Waals surface area contributed by atoms with E-state index in [9.17, 15) is 0 Å². The minimum atomic E-state index is 0.434. The fraction of sp³-hybridized carbons (Fsp3) is 0.286. The van der Waals surface area contributed by atoms with Gasteiger partial charge in [0.1, 0.15) is 5.02 Å². The van der Waals surface area contributed by atoms with Crippen molar-refractivity contribution in [3.63, 3.8) is 0 Å². The Morgan fingerprint density at radius 1 is 1.73 bits per heavy atom. The van der Waals surface area contributed by atoms with Crippen molar-refractivity contribution in [1.29, 1.82) is 0 Å². The molecule has 0 saturated carbocycles. The molecule has 0 atom stereocenters. The van der Waals surface area contributed by atoms with Gasteiger partial charge in [0.25, 0.3) is 0 Å². The van der Waals surface area contributed by atoms with E-state index in [0.717, 1.165) is 0 Å². The second kappa shape index (κ2) is 3.44. The third-order valence-electron chi connectivity index (χ3n) is 1.11. The number of halogens is 1. The van der Waals surface area contributed by atoms with Crippen molar-refractivity contribution in [2.75, 3.05) is 12.3 Å². The molecule has 1 aromatic rings. The molecule has 2 N–H and O–H groups in total. The average molecular weight is 173 g/mol. The van der Waals surface area contributed by atoms with Gasteiger partial charge in [0.15, 0.2) is 0 Å². The summed E-state index contributed by atoms with van der Waals surface area (Å²) in [5.74, 6) is 0.434. The maximum Gasteiger partial charge on any atom is 0.232 e. The van der Waals surface area contributed by atoms with Crippen LogP contribution in [0.1, 0.15) is 6.92 Å². The molecule has 0 unspecified atom stereocenters. The molecule has 0 bridgehead atoms. The largest absolute Gasteiger partial charge is 0.477 e. The maximum absolute atomic E-state index is 5.74. The molecule has 1 rings (SSSR count). The van der Waals surface area contributed by atoms with Crippen LogP contribution in [0.2, 0.25) is 5.02 Å². The number of pyridine rings is 1. The highest BCUT2D eigenvalue weighted by Crippen LogP contribution is 2.22. The lowest BCUT2D eigenvalue weighted by Crippen LogP contribution is -1.96. The molecule has 60 valence electrons. The summed E-state index contributed by atoms with van der Waals surface area (Å²) in [6, 6.07) is 1.61. The van der Waals surface area contributed by atoms with Crippen molar-refractivity contribution in [1.82, 2.24) is 4.98 Å². The molecular weight excluding hydrogens is 164 g/mol. The fourth-order valence-electron chi connectivity index (χ4n) is 0.683. The summed E-state index contributed by atoms with van der Waals surface area (Å²) in [5.41, 5.74) is 5.96. The molecule has 0 aliphatic rings. The molecule has 0 radical (unpaired) electrons. The number of rotatable bonds is 2. The summed E-state index contributed by atoms with van der Waals surface area (Å²) in [5, 5.41) is 0.451. The molecule has 0 aliphatic heterocycles. The summed E-state index contributed by atoms with van der Waals surface area (Å²) in [6.45, 7) is 2.42. The number of anilines is 1. The molecule has 0 fully saturated rings. The summed E-state index contributed by atoms with van der Waals surface area (Å²) in [7, 11) is 0. The van der Waals surface area contributed by atoms with E-state index in [1.54, 1.807) is 6.07 Å². The molecule has 0 amide bonds. The number of hydrogen-bond donors (Lipinski definition) is 1. The van der Waals surface area contributed by atoms with Crippen LogP contribution in [0.3, 0.4) is 0 Å². The number of nitrogens with two attached hydrogens (primary N) is 1. The van der Waals surface area contributed by atoms with Crippen LogP contribution >= 0.6 is 11.6 Å². The predicted molar refractivity (Wildman–Crippen MR) is 44.8 cm³/mol. The van der Waals surface area contributed by atoms with E-state index in [4.69, 9.17) is 22.1 Å². The Morgan fingerprint density at radius 3 is 3.00 bits per heavy atom. The zero-order valence-electron chi connectivity index (χ0n) is 6.17. The van der Waals surface area contributed by atoms with E-state index in [1.165, 1.54) is 6.20 Å². The Hall–Kier alpha value is -0.960. The molecule has 0 aliphatic carbocycles. The van der Waals surface area contributed by atoms with Crippen molar-refractivity contribution in [2.24, 2.45) is 0 Å². The second-order valence-corrected chi connectivity index (χ2v) is 2.40. The maximum atomic E-state index is 5.74. The molecule has 1 heterocycles. The van der Waals surface area contributed by atoms with Gasteiger partial charge < -0.3 is 10.5 Å². The van der Waals surface area contributed by atoms with Crippen LogP contribution in [-0.4, -0.2) is 11.6 Å². The summed E-state index contributed by atoms with van der Waals surface area (Å²) in [4.78, 5) is 3.89. The summed E-state index contributed by atoms with van der Waals surface area (Å²) < 4.78 is 5.09. The van der Waals surface area contributed by atoms with Crippen LogP contribution in [-0.2, 0) is 0 Å². The van der Waals surface area contributed by atoms with Gasteiger partial charge in [-0.2, -0.15) is 0 Å². The average Bonchev–Trinajstić information content (AvgIpc) is 1.95. The van der Waals surface area contributed by atoms with E-state index in [1.807, 2.05) is 6.92 Å². The molecule has 11 heavy (non-hydrogen) atoms. The van der Waals surface area contributed by atoms with Crippen LogP contribution < -0.4 is 10.5 Å². The number of ether oxygens (including phenoxy) is 1. The van der Waals surface area contributed by atoms with Crippen molar-refractivity contribution in [3.8, 4) is 5.88 Å². The lowest BCUT2D eigenvalue weighted by Gasteiger charge is -2.03. The molecule has 3 nitrogen and oxygen atoms in total. The molecule has 0 saturated heterocycles. The number of nitrogens with zero attached hydrogens (tertiary/aromatic N) is 1. The Morgan fingerprint density at radius 2 is 2.45 bits per heavy atom. The van der Waals surface area contributed by atoms with E-state index in [-0.39, 0.29) is 0 Å². The Kier molecular flexibility index (Phi) is 2.54. The molecular formula is C7H9ClN2O. The van der Waals surface area contributed by atoms with E-state index in [2.05, 4.69) is 4.98 Å². The van der Waals surface area contributed by atoms with Crippen LogP contribution in [0.15, 0.2) is 12.3 Å². The molecule has 0 aromatic carbocycles. The number of hydrogen-bond acceptors (Lipinski definition) is 3. The van der Waals surface area contributed by atoms with Gasteiger partial charge in [-0.1, -0.05) is 11.6 Å². The predicted octanol–water partition coefficient (Wildman–Crippen LogP) is 1.72. The highest BCUT2D eigenvalue weighted by atomic mass is 35.5. The highest BCUT2D eigenvalue weighted by Gasteiger charge is 2.01. The molecule has 0 spiro atoms. The van der Waals surface area contributed by atoms with Gasteiger partial charge in [-0.15, -0.1) is 0 Å². The smallest absolute Gasteiger partial charge is 0.232 e. The lowest BCUT2D eigenvalue weighted by atomic mass is 10.4. The Bertz CT molecular complexity index is 252. The van der Waals surface area contributed by atoms with Gasteiger partial charge in [-0.3, -0.25) is 0 Å². The number of nitrogen functional groups attached to an aromatic ring is 1. The van der Waals surface area contributed by atoms with Crippen molar-refractivity contribution in [3.05, 3.63) is 17.3 Å². The van der Waals surface area contributed by atoms with E-state index < -0.39 is 0 Å². The minimum absolute atomic E-state index is 0.434. The summed E-state index contributed by atoms with van der Waals surface area (Å²) in [6.07, 6.45) is 1.51. The minimum Gasteiger partial charge on any atom is -0.477 e. The fourth-order valence-corrected chi connectivity index (χ4v) is 0.912. The van der Waals surface area contributed by atoms with E-state index >= 15 is 0 Å². The standard InChI is InChI=1S/C7H9ClN2O/c1-2-11-7-6(8)3-5(9)4-10-7/h3-4H,2,9H2,1H3. The Balaban J connectivity index is 2.90. The first-order valence-corrected chi connectivity index (χ1v) is 3.65. The monoisotopic (exact) mass is 172 g/mol. The molecule has 4 heteroatoms. The van der Waals surface area contributed by atoms with Gasteiger partial charge in [-0.05, 0) is 13.0 Å². The number of aromatic nitrogens is 1. The third-order valence-corrected chi connectivity index (χ3v) is 1.38. The van der Waals surface area contributed by atoms with Gasteiger partial charge in [0.05, 0.1) is 18.5 Å². The first-order valence-electron chi connectivity index (χ1n) is 3.28. The first-order chi connectivity index (χ1) is 5.24. The van der Waals surface area contributed by atoms with Crippen molar-refractivity contribution < 1.29 is 4.74 Å². The quantitative estimate of drug-likeness (QED) is 0.739. The lowest BCUT2D eigenvalue weighted by molar-refractivity contribution is 0.327. The third kappa shape index (κ3) is 1.98. The zero-order valence-corrected chi connectivity index (χ0v) is 6.93. The second-order valence-electron chi connectivity index (χ2n) is 1.99. The van der Waals surface area contributed by atoms with Crippen LogP contribution in [0, 0.1) is 0 Å².